The minimum absolute atomic E-state index is 0.0116. The molecule has 1 saturated heterocycles. The molecule has 1 aliphatic rings. The van der Waals surface area contributed by atoms with Gasteiger partial charge in [-0.2, -0.15) is 0 Å². The van der Waals surface area contributed by atoms with E-state index in [9.17, 15) is 4.79 Å². The van der Waals surface area contributed by atoms with Crippen LogP contribution in [-0.2, 0) is 9.53 Å². The Labute approximate surface area is 78.4 Å². The Kier molecular flexibility index (Phi) is 2.48. The number of ether oxygens (including phenoxy) is 1. The van der Waals surface area contributed by atoms with Crippen molar-refractivity contribution in [2.45, 2.75) is 26.9 Å². The Bertz CT molecular complexity index is 247. The van der Waals surface area contributed by atoms with Gasteiger partial charge < -0.3 is 9.84 Å². The molecule has 3 atom stereocenters. The standard InChI is InChI=1S/C10H16O3/c1-6(2)10(4)7(3)8(5-11)13-9(10)12/h7-8,11H,1,5H2,2-4H3/t7-,8-,10+/m1/s1. The third-order valence-corrected chi connectivity index (χ3v) is 3.22. The van der Waals surface area contributed by atoms with Gasteiger partial charge in [0.15, 0.2) is 0 Å². The monoisotopic (exact) mass is 184 g/mol. The maximum atomic E-state index is 11.5. The fourth-order valence-electron chi connectivity index (χ4n) is 1.68. The smallest absolute Gasteiger partial charge is 0.316 e. The third kappa shape index (κ3) is 1.27. The summed E-state index contributed by atoms with van der Waals surface area (Å²) in [5, 5.41) is 8.96. The van der Waals surface area contributed by atoms with Crippen LogP contribution >= 0.6 is 0 Å². The van der Waals surface area contributed by atoms with E-state index in [1.807, 2.05) is 20.8 Å². The van der Waals surface area contributed by atoms with E-state index in [1.165, 1.54) is 0 Å². The fourth-order valence-corrected chi connectivity index (χ4v) is 1.68. The van der Waals surface area contributed by atoms with Crippen LogP contribution in [0.25, 0.3) is 0 Å². The summed E-state index contributed by atoms with van der Waals surface area (Å²) in [7, 11) is 0. The van der Waals surface area contributed by atoms with Gasteiger partial charge in [0.25, 0.3) is 0 Å². The minimum Gasteiger partial charge on any atom is -0.459 e. The predicted octanol–water partition coefficient (Wildman–Crippen LogP) is 1.12. The lowest BCUT2D eigenvalue weighted by atomic mass is 9.73. The van der Waals surface area contributed by atoms with Crippen LogP contribution in [0.4, 0.5) is 0 Å². The van der Waals surface area contributed by atoms with Crippen molar-refractivity contribution in [2.24, 2.45) is 11.3 Å². The van der Waals surface area contributed by atoms with E-state index in [0.717, 1.165) is 5.57 Å². The first-order valence-corrected chi connectivity index (χ1v) is 4.42. The van der Waals surface area contributed by atoms with E-state index in [1.54, 1.807) is 0 Å². The van der Waals surface area contributed by atoms with E-state index in [4.69, 9.17) is 9.84 Å². The highest BCUT2D eigenvalue weighted by molar-refractivity contribution is 5.82. The molecule has 74 valence electrons. The summed E-state index contributed by atoms with van der Waals surface area (Å²) in [6.07, 6.45) is -0.380. The molecule has 3 heteroatoms. The van der Waals surface area contributed by atoms with Gasteiger partial charge in [-0.25, -0.2) is 0 Å². The zero-order valence-electron chi connectivity index (χ0n) is 8.33. The van der Waals surface area contributed by atoms with Crippen LogP contribution < -0.4 is 0 Å². The van der Waals surface area contributed by atoms with Gasteiger partial charge in [-0.1, -0.05) is 19.1 Å². The maximum absolute atomic E-state index is 11.5. The van der Waals surface area contributed by atoms with E-state index >= 15 is 0 Å². The molecule has 1 fully saturated rings. The van der Waals surface area contributed by atoms with Crippen LogP contribution in [0.5, 0.6) is 0 Å². The Hall–Kier alpha value is -0.830. The second-order valence-corrected chi connectivity index (χ2v) is 3.90. The molecule has 1 rings (SSSR count). The van der Waals surface area contributed by atoms with E-state index in [-0.39, 0.29) is 24.6 Å². The number of esters is 1. The number of rotatable bonds is 2. The van der Waals surface area contributed by atoms with Crippen LogP contribution in [-0.4, -0.2) is 23.8 Å². The number of carbonyl (C=O) groups excluding carboxylic acids is 1. The quantitative estimate of drug-likeness (QED) is 0.516. The topological polar surface area (TPSA) is 46.5 Å². The zero-order valence-corrected chi connectivity index (χ0v) is 8.33. The van der Waals surface area contributed by atoms with Gasteiger partial charge in [-0.3, -0.25) is 4.79 Å². The summed E-state index contributed by atoms with van der Waals surface area (Å²) < 4.78 is 5.05. The van der Waals surface area contributed by atoms with Crippen LogP contribution in [0.3, 0.4) is 0 Å². The first-order chi connectivity index (χ1) is 5.94. The summed E-state index contributed by atoms with van der Waals surface area (Å²) in [5.41, 5.74) is 0.161. The normalized spacial score (nSPS) is 38.9. The number of hydrogen-bond acceptors (Lipinski definition) is 3. The molecule has 1 heterocycles. The molecule has 0 aromatic carbocycles. The second kappa shape index (κ2) is 3.14. The Balaban J connectivity index is 2.99. The van der Waals surface area contributed by atoms with Crippen molar-refractivity contribution < 1.29 is 14.6 Å². The Morgan fingerprint density at radius 2 is 2.31 bits per heavy atom. The molecule has 1 N–H and O–H groups in total. The molecule has 0 amide bonds. The molecule has 0 saturated carbocycles. The fraction of sp³-hybridized carbons (Fsp3) is 0.700. The third-order valence-electron chi connectivity index (χ3n) is 3.22. The molecular weight excluding hydrogens is 168 g/mol. The van der Waals surface area contributed by atoms with Crippen LogP contribution in [0.2, 0.25) is 0 Å². The molecule has 0 aromatic heterocycles. The number of hydrogen-bond donors (Lipinski definition) is 1. The van der Waals surface area contributed by atoms with Gasteiger partial charge >= 0.3 is 5.97 Å². The van der Waals surface area contributed by atoms with Crippen molar-refractivity contribution in [3.8, 4) is 0 Å². The number of aliphatic hydroxyl groups is 1. The molecule has 0 radical (unpaired) electrons. The van der Waals surface area contributed by atoms with Crippen molar-refractivity contribution in [2.75, 3.05) is 6.61 Å². The Morgan fingerprint density at radius 1 is 1.77 bits per heavy atom. The Morgan fingerprint density at radius 3 is 2.54 bits per heavy atom. The largest absolute Gasteiger partial charge is 0.459 e. The van der Waals surface area contributed by atoms with Gasteiger partial charge in [0.1, 0.15) is 6.10 Å². The lowest BCUT2D eigenvalue weighted by Gasteiger charge is -2.25. The molecule has 13 heavy (non-hydrogen) atoms. The SMILES string of the molecule is C=C(C)[C@]1(C)C(=O)O[C@H](CO)[C@H]1C. The maximum Gasteiger partial charge on any atom is 0.316 e. The molecule has 1 aliphatic heterocycles. The van der Waals surface area contributed by atoms with E-state index < -0.39 is 5.41 Å². The summed E-state index contributed by atoms with van der Waals surface area (Å²) in [6, 6.07) is 0. The van der Waals surface area contributed by atoms with Gasteiger partial charge in [0, 0.05) is 5.92 Å². The van der Waals surface area contributed by atoms with Crippen molar-refractivity contribution in [3.63, 3.8) is 0 Å². The highest BCUT2D eigenvalue weighted by Gasteiger charge is 2.51. The van der Waals surface area contributed by atoms with Crippen molar-refractivity contribution in [1.29, 1.82) is 0 Å². The molecule has 0 aromatic rings. The first kappa shape index (κ1) is 10.3. The van der Waals surface area contributed by atoms with Crippen LogP contribution in [0.1, 0.15) is 20.8 Å². The zero-order chi connectivity index (χ0) is 10.2. The molecule has 3 nitrogen and oxygen atoms in total. The van der Waals surface area contributed by atoms with Crippen LogP contribution in [0.15, 0.2) is 12.2 Å². The molecule has 0 spiro atoms. The average molecular weight is 184 g/mol. The lowest BCUT2D eigenvalue weighted by Crippen LogP contribution is -2.31. The van der Waals surface area contributed by atoms with Crippen molar-refractivity contribution in [1.82, 2.24) is 0 Å². The number of carbonyl (C=O) groups is 1. The minimum atomic E-state index is -0.632. The first-order valence-electron chi connectivity index (χ1n) is 4.42. The van der Waals surface area contributed by atoms with Crippen molar-refractivity contribution in [3.05, 3.63) is 12.2 Å². The predicted molar refractivity (Wildman–Crippen MR) is 49.1 cm³/mol. The van der Waals surface area contributed by atoms with Gasteiger partial charge in [0.2, 0.25) is 0 Å². The summed E-state index contributed by atoms with van der Waals surface area (Å²) in [5.74, 6) is -0.283. The lowest BCUT2D eigenvalue weighted by molar-refractivity contribution is -0.147. The molecule has 0 aliphatic carbocycles. The molecular formula is C10H16O3. The summed E-state index contributed by atoms with van der Waals surface area (Å²) >= 11 is 0. The molecule has 0 bridgehead atoms. The second-order valence-electron chi connectivity index (χ2n) is 3.90. The van der Waals surface area contributed by atoms with Crippen molar-refractivity contribution >= 4 is 5.97 Å². The highest BCUT2D eigenvalue weighted by Crippen LogP contribution is 2.43. The average Bonchev–Trinajstić information content (AvgIpc) is 2.30. The van der Waals surface area contributed by atoms with E-state index in [0.29, 0.717) is 0 Å². The molecule has 0 unspecified atom stereocenters. The summed E-state index contributed by atoms with van der Waals surface area (Å²) in [6.45, 7) is 9.22. The number of cyclic esters (lactones) is 1. The highest BCUT2D eigenvalue weighted by atomic mass is 16.6. The van der Waals surface area contributed by atoms with Gasteiger partial charge in [0.05, 0.1) is 12.0 Å². The van der Waals surface area contributed by atoms with Gasteiger partial charge in [-0.05, 0) is 13.8 Å². The van der Waals surface area contributed by atoms with Crippen LogP contribution in [0, 0.1) is 11.3 Å². The van der Waals surface area contributed by atoms with E-state index in [2.05, 4.69) is 6.58 Å². The number of aliphatic hydroxyl groups excluding tert-OH is 1. The van der Waals surface area contributed by atoms with Gasteiger partial charge in [-0.15, -0.1) is 0 Å². The summed E-state index contributed by atoms with van der Waals surface area (Å²) in [4.78, 5) is 11.5.